The Morgan fingerprint density at radius 3 is 2.94 bits per heavy atom. The number of benzene rings is 1. The van der Waals surface area contributed by atoms with Crippen LogP contribution in [0.3, 0.4) is 0 Å². The van der Waals surface area contributed by atoms with E-state index in [1.165, 1.54) is 30.5 Å². The van der Waals surface area contributed by atoms with Crippen LogP contribution in [0.4, 0.5) is 5.69 Å². The molecule has 0 bridgehead atoms. The summed E-state index contributed by atoms with van der Waals surface area (Å²) in [4.78, 5) is 2.50. The van der Waals surface area contributed by atoms with Gasteiger partial charge in [-0.1, -0.05) is 17.7 Å². The third kappa shape index (κ3) is 2.93. The summed E-state index contributed by atoms with van der Waals surface area (Å²) in [6, 6.07) is 6.84. The molecule has 17 heavy (non-hydrogen) atoms. The Labute approximate surface area is 109 Å². The second-order valence-electron chi connectivity index (χ2n) is 4.84. The first-order chi connectivity index (χ1) is 8.22. The fourth-order valence-electron chi connectivity index (χ4n) is 2.60. The van der Waals surface area contributed by atoms with Gasteiger partial charge in [-0.15, -0.1) is 0 Å². The molecule has 1 unspecified atom stereocenters. The lowest BCUT2D eigenvalue weighted by Gasteiger charge is -2.36. The zero-order valence-corrected chi connectivity index (χ0v) is 11.4. The Kier molecular flexibility index (Phi) is 4.30. The maximum absolute atomic E-state index is 6.14. The first kappa shape index (κ1) is 12.7. The zero-order valence-electron chi connectivity index (χ0n) is 10.7. The highest BCUT2D eigenvalue weighted by atomic mass is 35.5. The molecule has 1 N–H and O–H groups in total. The van der Waals surface area contributed by atoms with Crippen LogP contribution in [0.2, 0.25) is 5.02 Å². The van der Waals surface area contributed by atoms with Crippen LogP contribution < -0.4 is 10.2 Å². The summed E-state index contributed by atoms with van der Waals surface area (Å²) < 4.78 is 0. The molecule has 0 spiro atoms. The van der Waals surface area contributed by atoms with Crippen LogP contribution >= 0.6 is 11.6 Å². The SMILES string of the molecule is CNCc1ccc(Cl)cc1N1CCCCC1C. The summed E-state index contributed by atoms with van der Waals surface area (Å²) >= 11 is 6.14. The van der Waals surface area contributed by atoms with E-state index in [0.29, 0.717) is 6.04 Å². The average molecular weight is 253 g/mol. The fourth-order valence-corrected chi connectivity index (χ4v) is 2.77. The highest BCUT2D eigenvalue weighted by molar-refractivity contribution is 6.30. The van der Waals surface area contributed by atoms with E-state index < -0.39 is 0 Å². The van der Waals surface area contributed by atoms with Crippen molar-refractivity contribution >= 4 is 17.3 Å². The maximum Gasteiger partial charge on any atom is 0.0429 e. The van der Waals surface area contributed by atoms with E-state index in [4.69, 9.17) is 11.6 Å². The van der Waals surface area contributed by atoms with Crippen LogP contribution in [0, 0.1) is 0 Å². The second kappa shape index (κ2) is 5.74. The minimum atomic E-state index is 0.623. The van der Waals surface area contributed by atoms with Crippen LogP contribution in [-0.4, -0.2) is 19.6 Å². The van der Waals surface area contributed by atoms with Crippen LogP contribution in [0.1, 0.15) is 31.7 Å². The number of halogens is 1. The summed E-state index contributed by atoms with van der Waals surface area (Å²) in [5.41, 5.74) is 2.64. The topological polar surface area (TPSA) is 15.3 Å². The van der Waals surface area contributed by atoms with Crippen LogP contribution in [0.15, 0.2) is 18.2 Å². The van der Waals surface area contributed by atoms with Gasteiger partial charge in [0.1, 0.15) is 0 Å². The molecule has 0 radical (unpaired) electrons. The minimum absolute atomic E-state index is 0.623. The van der Waals surface area contributed by atoms with E-state index in [1.54, 1.807) is 0 Å². The van der Waals surface area contributed by atoms with Gasteiger partial charge < -0.3 is 10.2 Å². The van der Waals surface area contributed by atoms with Gasteiger partial charge in [0.05, 0.1) is 0 Å². The molecule has 2 nitrogen and oxygen atoms in total. The van der Waals surface area contributed by atoms with Crippen molar-refractivity contribution in [2.45, 2.75) is 38.8 Å². The Hall–Kier alpha value is -0.730. The second-order valence-corrected chi connectivity index (χ2v) is 5.28. The van der Waals surface area contributed by atoms with Gasteiger partial charge in [-0.3, -0.25) is 0 Å². The molecule has 0 amide bonds. The molecule has 1 aromatic rings. The predicted molar refractivity (Wildman–Crippen MR) is 74.9 cm³/mol. The number of anilines is 1. The molecule has 94 valence electrons. The lowest BCUT2D eigenvalue weighted by atomic mass is 10.0. The van der Waals surface area contributed by atoms with E-state index in [2.05, 4.69) is 29.3 Å². The maximum atomic E-state index is 6.14. The van der Waals surface area contributed by atoms with Crippen LogP contribution in [0.5, 0.6) is 0 Å². The van der Waals surface area contributed by atoms with Crippen molar-refractivity contribution < 1.29 is 0 Å². The Bertz CT molecular complexity index is 378. The summed E-state index contributed by atoms with van der Waals surface area (Å²) in [7, 11) is 1.98. The molecule has 0 aliphatic carbocycles. The van der Waals surface area contributed by atoms with Gasteiger partial charge in [0, 0.05) is 29.8 Å². The molecule has 1 aliphatic heterocycles. The van der Waals surface area contributed by atoms with Crippen molar-refractivity contribution in [1.29, 1.82) is 0 Å². The summed E-state index contributed by atoms with van der Waals surface area (Å²) in [5.74, 6) is 0. The zero-order chi connectivity index (χ0) is 12.3. The number of nitrogens with one attached hydrogen (secondary N) is 1. The van der Waals surface area contributed by atoms with Crippen molar-refractivity contribution in [3.8, 4) is 0 Å². The van der Waals surface area contributed by atoms with Gasteiger partial charge >= 0.3 is 0 Å². The molecule has 1 fully saturated rings. The molecule has 1 aliphatic rings. The molecule has 3 heteroatoms. The third-order valence-electron chi connectivity index (χ3n) is 3.53. The standard InChI is InChI=1S/C14H21ClN2/c1-11-5-3-4-8-17(11)14-9-13(15)7-6-12(14)10-16-2/h6-7,9,11,16H,3-5,8,10H2,1-2H3. The molecule has 1 atom stereocenters. The predicted octanol–water partition coefficient (Wildman–Crippen LogP) is 3.44. The van der Waals surface area contributed by atoms with E-state index in [1.807, 2.05) is 13.1 Å². The normalized spacial score (nSPS) is 20.6. The first-order valence-corrected chi connectivity index (χ1v) is 6.80. The molecule has 0 aromatic heterocycles. The summed E-state index contributed by atoms with van der Waals surface area (Å²) in [6.45, 7) is 4.36. The highest BCUT2D eigenvalue weighted by Crippen LogP contribution is 2.30. The van der Waals surface area contributed by atoms with Gasteiger partial charge in [-0.25, -0.2) is 0 Å². The van der Waals surface area contributed by atoms with Crippen molar-refractivity contribution in [1.82, 2.24) is 5.32 Å². The minimum Gasteiger partial charge on any atom is -0.369 e. The Morgan fingerprint density at radius 2 is 2.24 bits per heavy atom. The summed E-state index contributed by atoms with van der Waals surface area (Å²) in [6.07, 6.45) is 3.92. The van der Waals surface area contributed by atoms with E-state index in [9.17, 15) is 0 Å². The Morgan fingerprint density at radius 1 is 1.41 bits per heavy atom. The molecular weight excluding hydrogens is 232 g/mol. The van der Waals surface area contributed by atoms with Crippen molar-refractivity contribution in [3.63, 3.8) is 0 Å². The first-order valence-electron chi connectivity index (χ1n) is 6.42. The number of nitrogens with zero attached hydrogens (tertiary/aromatic N) is 1. The molecule has 2 rings (SSSR count). The van der Waals surface area contributed by atoms with Crippen LogP contribution in [-0.2, 0) is 6.54 Å². The van der Waals surface area contributed by atoms with Crippen LogP contribution in [0.25, 0.3) is 0 Å². The fraction of sp³-hybridized carbons (Fsp3) is 0.571. The quantitative estimate of drug-likeness (QED) is 0.887. The van der Waals surface area contributed by atoms with Crippen molar-refractivity contribution in [2.75, 3.05) is 18.5 Å². The number of piperidine rings is 1. The monoisotopic (exact) mass is 252 g/mol. The smallest absolute Gasteiger partial charge is 0.0429 e. The van der Waals surface area contributed by atoms with E-state index >= 15 is 0 Å². The molecule has 1 aromatic carbocycles. The number of hydrogen-bond acceptors (Lipinski definition) is 2. The number of rotatable bonds is 3. The lowest BCUT2D eigenvalue weighted by Crippen LogP contribution is -2.38. The lowest BCUT2D eigenvalue weighted by molar-refractivity contribution is 0.483. The van der Waals surface area contributed by atoms with Gasteiger partial charge in [0.25, 0.3) is 0 Å². The third-order valence-corrected chi connectivity index (χ3v) is 3.76. The average Bonchev–Trinajstić information content (AvgIpc) is 2.32. The molecule has 1 heterocycles. The van der Waals surface area contributed by atoms with Crippen molar-refractivity contribution in [3.05, 3.63) is 28.8 Å². The van der Waals surface area contributed by atoms with Gasteiger partial charge in [0.15, 0.2) is 0 Å². The highest BCUT2D eigenvalue weighted by Gasteiger charge is 2.20. The molecule has 0 saturated carbocycles. The Balaban J connectivity index is 2.30. The van der Waals surface area contributed by atoms with Gasteiger partial charge in [0.2, 0.25) is 0 Å². The van der Waals surface area contributed by atoms with Crippen molar-refractivity contribution in [2.24, 2.45) is 0 Å². The largest absolute Gasteiger partial charge is 0.369 e. The molecular formula is C14H21ClN2. The summed E-state index contributed by atoms with van der Waals surface area (Å²) in [5, 5.41) is 4.06. The van der Waals surface area contributed by atoms with Gasteiger partial charge in [-0.2, -0.15) is 0 Å². The van der Waals surface area contributed by atoms with E-state index in [-0.39, 0.29) is 0 Å². The number of hydrogen-bond donors (Lipinski definition) is 1. The van der Waals surface area contributed by atoms with E-state index in [0.717, 1.165) is 18.1 Å². The van der Waals surface area contributed by atoms with Gasteiger partial charge in [-0.05, 0) is 50.9 Å². The molecule has 1 saturated heterocycles.